The normalized spacial score (nSPS) is 16.7. The highest BCUT2D eigenvalue weighted by molar-refractivity contribution is 8.00. The van der Waals surface area contributed by atoms with Crippen LogP contribution in [0, 0.1) is 0 Å². The van der Waals surface area contributed by atoms with Crippen molar-refractivity contribution in [3.8, 4) is 5.75 Å². The molecular weight excluding hydrogens is 350 g/mol. The van der Waals surface area contributed by atoms with Crippen molar-refractivity contribution in [1.29, 1.82) is 0 Å². The number of carbonyl (C=O) groups is 2. The molecule has 2 aromatic rings. The summed E-state index contributed by atoms with van der Waals surface area (Å²) in [6.07, 6.45) is 0.877. The summed E-state index contributed by atoms with van der Waals surface area (Å²) in [6.45, 7) is 3.75. The number of carbonyl (C=O) groups excluding carboxylic acids is 2. The number of hydrogen-bond acceptors (Lipinski definition) is 5. The molecule has 26 heavy (non-hydrogen) atoms. The lowest BCUT2D eigenvalue weighted by Gasteiger charge is -2.20. The van der Waals surface area contributed by atoms with Crippen LogP contribution in [0.4, 0.5) is 0 Å². The van der Waals surface area contributed by atoms with Crippen LogP contribution in [0.15, 0.2) is 36.4 Å². The Kier molecular flexibility index (Phi) is 6.04. The molecule has 0 spiro atoms. The lowest BCUT2D eigenvalue weighted by molar-refractivity contribution is -0.137. The molecule has 2 aromatic carbocycles. The fourth-order valence-electron chi connectivity index (χ4n) is 3.20. The lowest BCUT2D eigenvalue weighted by Crippen LogP contribution is -2.30. The average Bonchev–Trinajstić information content (AvgIpc) is 3.14. The number of fused-ring (bicyclic) bond motifs is 1. The van der Waals surface area contributed by atoms with Crippen LogP contribution in [0.25, 0.3) is 10.8 Å². The van der Waals surface area contributed by atoms with E-state index < -0.39 is 0 Å². The molecule has 1 amide bonds. The van der Waals surface area contributed by atoms with Gasteiger partial charge in [-0.1, -0.05) is 30.3 Å². The van der Waals surface area contributed by atoms with Crippen LogP contribution in [0.2, 0.25) is 0 Å². The Balaban J connectivity index is 1.81. The smallest absolute Gasteiger partial charge is 0.315 e. The third kappa shape index (κ3) is 3.96. The van der Waals surface area contributed by atoms with E-state index in [9.17, 15) is 9.59 Å². The van der Waals surface area contributed by atoms with E-state index in [0.717, 1.165) is 17.2 Å². The maximum atomic E-state index is 13.2. The summed E-state index contributed by atoms with van der Waals surface area (Å²) in [4.78, 5) is 26.4. The predicted molar refractivity (Wildman–Crippen MR) is 104 cm³/mol. The van der Waals surface area contributed by atoms with E-state index in [1.54, 1.807) is 11.8 Å². The highest BCUT2D eigenvalue weighted by Crippen LogP contribution is 2.32. The van der Waals surface area contributed by atoms with Gasteiger partial charge in [0.25, 0.3) is 5.91 Å². The summed E-state index contributed by atoms with van der Waals surface area (Å²) < 4.78 is 10.4. The Morgan fingerprint density at radius 1 is 1.23 bits per heavy atom. The fourth-order valence-corrected chi connectivity index (χ4v) is 4.25. The third-order valence-electron chi connectivity index (χ3n) is 4.50. The Morgan fingerprint density at radius 3 is 2.81 bits per heavy atom. The number of thioether (sulfide) groups is 1. The molecule has 0 bridgehead atoms. The largest absolute Gasteiger partial charge is 0.493 e. The topological polar surface area (TPSA) is 55.8 Å². The van der Waals surface area contributed by atoms with Gasteiger partial charge in [0.1, 0.15) is 5.75 Å². The second-order valence-corrected chi connectivity index (χ2v) is 7.43. The van der Waals surface area contributed by atoms with Crippen molar-refractivity contribution >= 4 is 34.4 Å². The van der Waals surface area contributed by atoms with Crippen molar-refractivity contribution in [3.05, 3.63) is 42.0 Å². The molecule has 3 rings (SSSR count). The van der Waals surface area contributed by atoms with E-state index in [2.05, 4.69) is 4.74 Å². The zero-order valence-electron chi connectivity index (χ0n) is 15.1. The zero-order chi connectivity index (χ0) is 18.5. The van der Waals surface area contributed by atoms with Crippen LogP contribution >= 0.6 is 11.8 Å². The summed E-state index contributed by atoms with van der Waals surface area (Å²) in [5.74, 6) is 0.711. The monoisotopic (exact) mass is 373 g/mol. The lowest BCUT2D eigenvalue weighted by atomic mass is 10.0. The van der Waals surface area contributed by atoms with Crippen molar-refractivity contribution in [1.82, 2.24) is 4.90 Å². The van der Waals surface area contributed by atoms with E-state index in [-0.39, 0.29) is 17.1 Å². The molecule has 0 aromatic heterocycles. The highest BCUT2D eigenvalue weighted by atomic mass is 32.2. The molecule has 0 unspecified atom stereocenters. The average molecular weight is 373 g/mol. The molecule has 1 saturated heterocycles. The molecule has 1 fully saturated rings. The van der Waals surface area contributed by atoms with Crippen LogP contribution in [0.1, 0.15) is 23.7 Å². The molecule has 0 aliphatic carbocycles. The molecule has 0 saturated carbocycles. The van der Waals surface area contributed by atoms with Gasteiger partial charge in [-0.05, 0) is 30.2 Å². The minimum absolute atomic E-state index is 0.00795. The van der Waals surface area contributed by atoms with Gasteiger partial charge < -0.3 is 14.4 Å². The molecular formula is C20H23NO4S. The van der Waals surface area contributed by atoms with Gasteiger partial charge in [0, 0.05) is 18.3 Å². The number of ether oxygens (including phenoxy) is 2. The molecule has 0 radical (unpaired) electrons. The minimum Gasteiger partial charge on any atom is -0.493 e. The summed E-state index contributed by atoms with van der Waals surface area (Å²) >= 11 is 1.55. The van der Waals surface area contributed by atoms with Gasteiger partial charge in [0.15, 0.2) is 0 Å². The number of rotatable bonds is 6. The summed E-state index contributed by atoms with van der Waals surface area (Å²) in [6, 6.07) is 11.7. The Labute approximate surface area is 157 Å². The molecule has 6 heteroatoms. The molecule has 5 nitrogen and oxygen atoms in total. The van der Waals surface area contributed by atoms with Gasteiger partial charge in [-0.15, -0.1) is 11.8 Å². The number of methoxy groups -OCH3 is 1. The second-order valence-electron chi connectivity index (χ2n) is 6.14. The maximum absolute atomic E-state index is 13.2. The van der Waals surface area contributed by atoms with Gasteiger partial charge in [0.05, 0.1) is 25.0 Å². The van der Waals surface area contributed by atoms with Gasteiger partial charge in [0.2, 0.25) is 0 Å². The Morgan fingerprint density at radius 2 is 2.04 bits per heavy atom. The minimum atomic E-state index is -0.229. The number of hydrogen-bond donors (Lipinski definition) is 0. The molecule has 1 aliphatic heterocycles. The standard InChI is InChI=1S/C20H23NO4S/c1-3-25-17-9-8-14-6-4-5-7-16(14)19(17)20(23)21-11-10-15(12-21)26-13-18(22)24-2/h4-9,15H,3,10-13H2,1-2H3/t15-/m0/s1. The Bertz CT molecular complexity index is 807. The predicted octanol–water partition coefficient (Wildman–Crippen LogP) is 3.36. The van der Waals surface area contributed by atoms with Crippen LogP contribution in [0.5, 0.6) is 5.75 Å². The van der Waals surface area contributed by atoms with Gasteiger partial charge in [-0.3, -0.25) is 9.59 Å². The SMILES string of the molecule is CCOc1ccc2ccccc2c1C(=O)N1CC[C@H](SCC(=O)OC)C1. The van der Waals surface area contributed by atoms with E-state index in [1.165, 1.54) is 7.11 Å². The third-order valence-corrected chi connectivity index (χ3v) is 5.76. The first-order chi connectivity index (χ1) is 12.6. The number of amides is 1. The molecule has 138 valence electrons. The van der Waals surface area contributed by atoms with Gasteiger partial charge >= 0.3 is 5.97 Å². The Hall–Kier alpha value is -2.21. The first-order valence-corrected chi connectivity index (χ1v) is 9.81. The number of nitrogens with zero attached hydrogens (tertiary/aromatic N) is 1. The number of likely N-dealkylation sites (tertiary alicyclic amines) is 1. The molecule has 1 atom stereocenters. The fraction of sp³-hybridized carbons (Fsp3) is 0.400. The second kappa shape index (κ2) is 8.45. The van der Waals surface area contributed by atoms with E-state index in [4.69, 9.17) is 4.74 Å². The van der Waals surface area contributed by atoms with Crippen LogP contribution < -0.4 is 4.74 Å². The number of benzene rings is 2. The van der Waals surface area contributed by atoms with Gasteiger partial charge in [-0.2, -0.15) is 0 Å². The van der Waals surface area contributed by atoms with E-state index >= 15 is 0 Å². The highest BCUT2D eigenvalue weighted by Gasteiger charge is 2.30. The number of esters is 1. The molecule has 0 N–H and O–H groups in total. The first-order valence-electron chi connectivity index (χ1n) is 8.76. The quantitative estimate of drug-likeness (QED) is 0.727. The van der Waals surface area contributed by atoms with E-state index in [1.807, 2.05) is 48.2 Å². The molecule has 1 heterocycles. The first kappa shape index (κ1) is 18.6. The summed E-state index contributed by atoms with van der Waals surface area (Å²) in [7, 11) is 1.39. The van der Waals surface area contributed by atoms with Crippen LogP contribution in [0.3, 0.4) is 0 Å². The maximum Gasteiger partial charge on any atom is 0.315 e. The molecule has 1 aliphatic rings. The van der Waals surface area contributed by atoms with Crippen LogP contribution in [-0.4, -0.2) is 54.6 Å². The van der Waals surface area contributed by atoms with Gasteiger partial charge in [-0.25, -0.2) is 0 Å². The van der Waals surface area contributed by atoms with Crippen molar-refractivity contribution in [2.75, 3.05) is 32.6 Å². The summed E-state index contributed by atoms with van der Waals surface area (Å²) in [5, 5.41) is 2.19. The van der Waals surface area contributed by atoms with Crippen molar-refractivity contribution < 1.29 is 19.1 Å². The van der Waals surface area contributed by atoms with Crippen LogP contribution in [-0.2, 0) is 9.53 Å². The van der Waals surface area contributed by atoms with Crippen molar-refractivity contribution in [2.24, 2.45) is 0 Å². The van der Waals surface area contributed by atoms with Crippen molar-refractivity contribution in [2.45, 2.75) is 18.6 Å². The van der Waals surface area contributed by atoms with Crippen molar-refractivity contribution in [3.63, 3.8) is 0 Å². The summed E-state index contributed by atoms with van der Waals surface area (Å²) in [5.41, 5.74) is 0.628. The van der Waals surface area contributed by atoms with E-state index in [0.29, 0.717) is 36.8 Å². The zero-order valence-corrected chi connectivity index (χ0v) is 15.9.